The van der Waals surface area contributed by atoms with E-state index < -0.39 is 17.9 Å². The van der Waals surface area contributed by atoms with Crippen LogP contribution in [0.5, 0.6) is 5.75 Å². The number of aliphatic carboxylic acids is 1. The number of carboxylic acid groups (broad SMARTS) is 1. The van der Waals surface area contributed by atoms with Gasteiger partial charge in [-0.15, -0.1) is 0 Å². The summed E-state index contributed by atoms with van der Waals surface area (Å²) in [4.78, 5) is 35.8. The Balaban J connectivity index is 2.37. The maximum Gasteiger partial charge on any atom is 0.344 e. The molecule has 0 amide bonds. The van der Waals surface area contributed by atoms with E-state index in [-0.39, 0.29) is 24.0 Å². The molecule has 8 nitrogen and oxygen atoms in total. The third-order valence-corrected chi connectivity index (χ3v) is 5.47. The molecular weight excluding hydrogens is 410 g/mol. The van der Waals surface area contributed by atoms with Crippen molar-refractivity contribution in [3.8, 4) is 5.75 Å². The smallest absolute Gasteiger partial charge is 0.344 e. The number of carboxylic acids is 1. The number of rotatable bonds is 10. The Labute approximate surface area is 186 Å². The lowest BCUT2D eigenvalue weighted by Gasteiger charge is -2.19. The number of aromatic nitrogens is 2. The predicted octanol–water partition coefficient (Wildman–Crippen LogP) is 3.39. The Hall–Kier alpha value is -3.68. The summed E-state index contributed by atoms with van der Waals surface area (Å²) in [6.07, 6.45) is 0.751. The van der Waals surface area contributed by atoms with Crippen LogP contribution in [0.1, 0.15) is 59.6 Å². The average molecular weight is 437 g/mol. The number of fused-ring (bicyclic) bond motifs is 1. The van der Waals surface area contributed by atoms with Crippen LogP contribution in [0.4, 0.5) is 5.69 Å². The number of aldehydes is 1. The van der Waals surface area contributed by atoms with Crippen molar-refractivity contribution < 1.29 is 24.2 Å². The van der Waals surface area contributed by atoms with Crippen molar-refractivity contribution in [3.05, 3.63) is 58.4 Å². The third-order valence-electron chi connectivity index (χ3n) is 5.47. The van der Waals surface area contributed by atoms with Crippen LogP contribution in [0, 0.1) is 6.92 Å². The van der Waals surface area contributed by atoms with Crippen molar-refractivity contribution >= 4 is 29.2 Å². The fourth-order valence-corrected chi connectivity index (χ4v) is 3.78. The molecule has 0 aliphatic rings. The average Bonchev–Trinajstić information content (AvgIpc) is 3.02. The number of hydrogen-bond acceptors (Lipinski definition) is 6. The molecule has 2 heterocycles. The first-order chi connectivity index (χ1) is 15.3. The molecule has 0 radical (unpaired) electrons. The van der Waals surface area contributed by atoms with E-state index in [9.17, 15) is 19.5 Å². The van der Waals surface area contributed by atoms with Crippen LogP contribution in [0.3, 0.4) is 0 Å². The minimum Gasteiger partial charge on any atom is -0.479 e. The highest BCUT2D eigenvalue weighted by atomic mass is 16.5. The zero-order chi connectivity index (χ0) is 23.4. The van der Waals surface area contributed by atoms with E-state index in [4.69, 9.17) is 10.5 Å². The van der Waals surface area contributed by atoms with Gasteiger partial charge < -0.3 is 15.6 Å². The van der Waals surface area contributed by atoms with Crippen LogP contribution in [-0.4, -0.2) is 38.9 Å². The zero-order valence-electron chi connectivity index (χ0n) is 18.4. The number of benzene rings is 1. The van der Waals surface area contributed by atoms with E-state index in [1.165, 1.54) is 0 Å². The van der Waals surface area contributed by atoms with Crippen molar-refractivity contribution in [2.75, 3.05) is 5.73 Å². The Morgan fingerprint density at radius 3 is 2.50 bits per heavy atom. The standard InChI is InChI=1S/C24H27N3O5/c1-4-9-16-20(18(29)13-28)23(32-19(5-2)24(30)31)22-21(25)14(3)17(27(22)26-16)12-15-10-7-6-8-11-15/h6-8,10-11,13,19H,4-5,9,12,25H2,1-3H3,(H,30,31). The minimum absolute atomic E-state index is 0.00490. The fraction of sp³-hybridized carbons (Fsp3) is 0.333. The Kier molecular flexibility index (Phi) is 6.92. The number of carbonyl (C=O) groups excluding carboxylic acids is 2. The number of ether oxygens (including phenoxy) is 1. The summed E-state index contributed by atoms with van der Waals surface area (Å²) in [5.74, 6) is -1.99. The number of nitrogens with zero attached hydrogens (tertiary/aromatic N) is 2. The molecule has 2 aromatic heterocycles. The highest BCUT2D eigenvalue weighted by Crippen LogP contribution is 2.38. The molecule has 0 saturated carbocycles. The summed E-state index contributed by atoms with van der Waals surface area (Å²) < 4.78 is 7.49. The number of anilines is 1. The minimum atomic E-state index is -1.21. The molecule has 1 aromatic carbocycles. The molecule has 3 aromatic rings. The van der Waals surface area contributed by atoms with E-state index in [1.54, 1.807) is 11.4 Å². The molecule has 0 aliphatic heterocycles. The summed E-state index contributed by atoms with van der Waals surface area (Å²) >= 11 is 0. The fourth-order valence-electron chi connectivity index (χ4n) is 3.78. The van der Waals surface area contributed by atoms with Crippen molar-refractivity contribution in [1.29, 1.82) is 0 Å². The largest absolute Gasteiger partial charge is 0.479 e. The molecule has 1 atom stereocenters. The van der Waals surface area contributed by atoms with Crippen LogP contribution in [0.25, 0.3) is 5.52 Å². The van der Waals surface area contributed by atoms with Gasteiger partial charge in [0.25, 0.3) is 0 Å². The second kappa shape index (κ2) is 9.64. The molecule has 0 saturated heterocycles. The number of aryl methyl sites for hydroxylation is 1. The highest BCUT2D eigenvalue weighted by Gasteiger charge is 2.30. The molecule has 3 rings (SSSR count). The molecule has 8 heteroatoms. The van der Waals surface area contributed by atoms with E-state index >= 15 is 0 Å². The van der Waals surface area contributed by atoms with Gasteiger partial charge in [-0.25, -0.2) is 9.31 Å². The summed E-state index contributed by atoms with van der Waals surface area (Å²) in [6.45, 7) is 5.44. The van der Waals surface area contributed by atoms with Gasteiger partial charge >= 0.3 is 5.97 Å². The number of hydrogen-bond donors (Lipinski definition) is 2. The van der Waals surface area contributed by atoms with Crippen LogP contribution < -0.4 is 10.5 Å². The van der Waals surface area contributed by atoms with Gasteiger partial charge in [-0.1, -0.05) is 50.6 Å². The topological polar surface area (TPSA) is 124 Å². The molecule has 0 spiro atoms. The van der Waals surface area contributed by atoms with E-state index in [1.807, 2.05) is 44.2 Å². The summed E-state index contributed by atoms with van der Waals surface area (Å²) in [5.41, 5.74) is 10.0. The second-order valence-electron chi connectivity index (χ2n) is 7.64. The van der Waals surface area contributed by atoms with Crippen molar-refractivity contribution in [2.45, 2.75) is 52.6 Å². The van der Waals surface area contributed by atoms with Gasteiger partial charge in [-0.05, 0) is 30.9 Å². The molecule has 168 valence electrons. The zero-order valence-corrected chi connectivity index (χ0v) is 18.4. The van der Waals surface area contributed by atoms with Crippen LogP contribution in [0.15, 0.2) is 30.3 Å². The van der Waals surface area contributed by atoms with Crippen LogP contribution >= 0.6 is 0 Å². The Morgan fingerprint density at radius 2 is 1.94 bits per heavy atom. The molecular formula is C24H27N3O5. The molecule has 0 bridgehead atoms. The first-order valence-electron chi connectivity index (χ1n) is 10.6. The number of Topliss-reactive ketones (excluding diaryl/α,β-unsaturated/α-hetero) is 1. The molecule has 1 unspecified atom stereocenters. The molecule has 3 N–H and O–H groups in total. The van der Waals surface area contributed by atoms with E-state index in [0.717, 1.165) is 16.8 Å². The molecule has 0 aliphatic carbocycles. The van der Waals surface area contributed by atoms with Crippen molar-refractivity contribution in [3.63, 3.8) is 0 Å². The first-order valence-corrected chi connectivity index (χ1v) is 10.6. The van der Waals surface area contributed by atoms with Crippen LogP contribution in [-0.2, 0) is 22.4 Å². The third kappa shape index (κ3) is 4.21. The lowest BCUT2D eigenvalue weighted by Crippen LogP contribution is -2.28. The Morgan fingerprint density at radius 1 is 1.25 bits per heavy atom. The van der Waals surface area contributed by atoms with Crippen LogP contribution in [0.2, 0.25) is 0 Å². The number of nitrogens with two attached hydrogens (primary N) is 1. The van der Waals surface area contributed by atoms with Gasteiger partial charge in [0, 0.05) is 6.42 Å². The van der Waals surface area contributed by atoms with E-state index in [0.29, 0.717) is 36.2 Å². The number of nitrogen functional groups attached to an aromatic ring is 1. The maximum atomic E-state index is 12.6. The van der Waals surface area contributed by atoms with Crippen molar-refractivity contribution in [2.24, 2.45) is 0 Å². The number of ketones is 1. The Bertz CT molecular complexity index is 1170. The summed E-state index contributed by atoms with van der Waals surface area (Å²) in [7, 11) is 0. The van der Waals surface area contributed by atoms with Gasteiger partial charge in [0.1, 0.15) is 5.52 Å². The highest BCUT2D eigenvalue weighted by molar-refractivity contribution is 6.35. The van der Waals surface area contributed by atoms with Gasteiger partial charge in [0.05, 0.1) is 22.6 Å². The van der Waals surface area contributed by atoms with Gasteiger partial charge in [-0.3, -0.25) is 9.59 Å². The van der Waals surface area contributed by atoms with Gasteiger partial charge in [-0.2, -0.15) is 5.10 Å². The van der Waals surface area contributed by atoms with Gasteiger partial charge in [0.2, 0.25) is 5.78 Å². The molecule has 0 fully saturated rings. The maximum absolute atomic E-state index is 12.6. The second-order valence-corrected chi connectivity index (χ2v) is 7.64. The monoisotopic (exact) mass is 437 g/mol. The summed E-state index contributed by atoms with van der Waals surface area (Å²) in [5, 5.41) is 14.2. The number of carbonyl (C=O) groups is 3. The lowest BCUT2D eigenvalue weighted by molar-refractivity contribution is -0.145. The van der Waals surface area contributed by atoms with Gasteiger partial charge in [0.15, 0.2) is 18.1 Å². The predicted molar refractivity (Wildman–Crippen MR) is 120 cm³/mol. The van der Waals surface area contributed by atoms with E-state index in [2.05, 4.69) is 5.10 Å². The first kappa shape index (κ1) is 23.0. The molecule has 32 heavy (non-hydrogen) atoms. The normalized spacial score (nSPS) is 12.0. The quantitative estimate of drug-likeness (QED) is 0.283. The summed E-state index contributed by atoms with van der Waals surface area (Å²) in [6, 6.07) is 9.78. The lowest BCUT2D eigenvalue weighted by atomic mass is 10.0. The van der Waals surface area contributed by atoms with Crippen molar-refractivity contribution in [1.82, 2.24) is 9.61 Å². The SMILES string of the molecule is CCCc1nn2c(Cc3ccccc3)c(C)c(N)c2c(OC(CC)C(=O)O)c1C(=O)C=O.